The minimum atomic E-state index is -0.779. The van der Waals surface area contributed by atoms with E-state index in [2.05, 4.69) is 12.2 Å². The first-order chi connectivity index (χ1) is 9.02. The quantitative estimate of drug-likeness (QED) is 0.804. The van der Waals surface area contributed by atoms with Crippen molar-refractivity contribution in [3.8, 4) is 0 Å². The molecule has 2 heterocycles. The Morgan fingerprint density at radius 2 is 2.00 bits per heavy atom. The standard InChI is InChI=1S/C14H24N2O3/c1-3-14(5-7-15-8-6-14)13(19)16-9-4-11(10(16)2)12(17)18/h10-11,15H,3-9H2,1-2H3,(H,17,18). The summed E-state index contributed by atoms with van der Waals surface area (Å²) in [5.41, 5.74) is -0.271. The van der Waals surface area contributed by atoms with Gasteiger partial charge in [0.25, 0.3) is 0 Å². The number of piperidine rings is 1. The summed E-state index contributed by atoms with van der Waals surface area (Å²) in [5, 5.41) is 12.5. The molecule has 5 heteroatoms. The second-order valence-corrected chi connectivity index (χ2v) is 5.86. The lowest BCUT2D eigenvalue weighted by Crippen LogP contribution is -2.50. The normalized spacial score (nSPS) is 30.3. The minimum Gasteiger partial charge on any atom is -0.481 e. The molecule has 2 atom stereocenters. The van der Waals surface area contributed by atoms with Crippen LogP contribution in [0.25, 0.3) is 0 Å². The number of aliphatic carboxylic acids is 1. The number of likely N-dealkylation sites (tertiary alicyclic amines) is 1. The van der Waals surface area contributed by atoms with E-state index in [1.54, 1.807) is 0 Å². The number of carboxylic acid groups (broad SMARTS) is 1. The molecule has 2 saturated heterocycles. The second kappa shape index (κ2) is 5.49. The summed E-state index contributed by atoms with van der Waals surface area (Å²) in [6, 6.07) is -0.177. The summed E-state index contributed by atoms with van der Waals surface area (Å²) in [6.45, 7) is 6.28. The molecule has 2 aliphatic rings. The highest BCUT2D eigenvalue weighted by molar-refractivity contribution is 5.84. The van der Waals surface area contributed by atoms with Gasteiger partial charge in [0.2, 0.25) is 5.91 Å². The maximum Gasteiger partial charge on any atom is 0.308 e. The van der Waals surface area contributed by atoms with E-state index < -0.39 is 11.9 Å². The third-order valence-electron chi connectivity index (χ3n) is 5.02. The number of rotatable bonds is 3. The molecular formula is C14H24N2O3. The maximum atomic E-state index is 12.8. The third kappa shape index (κ3) is 2.48. The van der Waals surface area contributed by atoms with E-state index in [0.29, 0.717) is 13.0 Å². The van der Waals surface area contributed by atoms with Gasteiger partial charge in [-0.3, -0.25) is 9.59 Å². The smallest absolute Gasteiger partial charge is 0.308 e. The van der Waals surface area contributed by atoms with E-state index >= 15 is 0 Å². The first-order valence-corrected chi connectivity index (χ1v) is 7.26. The molecule has 19 heavy (non-hydrogen) atoms. The molecule has 0 aromatic rings. The number of nitrogens with one attached hydrogen (secondary N) is 1. The summed E-state index contributed by atoms with van der Waals surface area (Å²) in [5.74, 6) is -1.01. The van der Waals surface area contributed by atoms with Crippen molar-refractivity contribution in [3.05, 3.63) is 0 Å². The molecule has 2 fully saturated rings. The molecule has 0 saturated carbocycles. The molecule has 5 nitrogen and oxygen atoms in total. The highest BCUT2D eigenvalue weighted by Crippen LogP contribution is 2.38. The van der Waals surface area contributed by atoms with Gasteiger partial charge in [0.05, 0.1) is 11.3 Å². The Hall–Kier alpha value is -1.10. The van der Waals surface area contributed by atoms with E-state index in [1.165, 1.54) is 0 Å². The number of carboxylic acids is 1. The van der Waals surface area contributed by atoms with Crippen LogP contribution in [0.2, 0.25) is 0 Å². The fourth-order valence-corrected chi connectivity index (χ4v) is 3.49. The topological polar surface area (TPSA) is 69.6 Å². The van der Waals surface area contributed by atoms with Crippen LogP contribution in [0.5, 0.6) is 0 Å². The highest BCUT2D eigenvalue weighted by Gasteiger charge is 2.46. The van der Waals surface area contributed by atoms with Gasteiger partial charge < -0.3 is 15.3 Å². The van der Waals surface area contributed by atoms with Gasteiger partial charge in [-0.15, -0.1) is 0 Å². The SMILES string of the molecule is CCC1(C(=O)N2CCC(C(=O)O)C2C)CCNCC1. The molecule has 2 rings (SSSR count). The van der Waals surface area contributed by atoms with Gasteiger partial charge in [-0.2, -0.15) is 0 Å². The predicted molar refractivity (Wildman–Crippen MR) is 71.7 cm³/mol. The molecule has 0 radical (unpaired) electrons. The van der Waals surface area contributed by atoms with Gasteiger partial charge in [-0.1, -0.05) is 6.92 Å². The van der Waals surface area contributed by atoms with E-state index in [1.807, 2.05) is 11.8 Å². The summed E-state index contributed by atoms with van der Waals surface area (Å²) < 4.78 is 0. The lowest BCUT2D eigenvalue weighted by atomic mass is 9.75. The summed E-state index contributed by atoms with van der Waals surface area (Å²) in [4.78, 5) is 25.8. The monoisotopic (exact) mass is 268 g/mol. The molecule has 0 aliphatic carbocycles. The molecule has 0 aromatic carbocycles. The Morgan fingerprint density at radius 3 is 2.47 bits per heavy atom. The molecule has 2 unspecified atom stereocenters. The molecule has 2 N–H and O–H groups in total. The molecule has 108 valence electrons. The number of carbonyl (C=O) groups is 2. The molecular weight excluding hydrogens is 244 g/mol. The van der Waals surface area contributed by atoms with E-state index in [-0.39, 0.29) is 17.4 Å². The first-order valence-electron chi connectivity index (χ1n) is 7.26. The van der Waals surface area contributed by atoms with Crippen LogP contribution in [0.3, 0.4) is 0 Å². The summed E-state index contributed by atoms with van der Waals surface area (Å²) >= 11 is 0. The second-order valence-electron chi connectivity index (χ2n) is 5.86. The zero-order valence-corrected chi connectivity index (χ0v) is 11.8. The Bertz CT molecular complexity index is 364. The Morgan fingerprint density at radius 1 is 1.37 bits per heavy atom. The number of carbonyl (C=O) groups excluding carboxylic acids is 1. The van der Waals surface area contributed by atoms with Crippen LogP contribution in [0.1, 0.15) is 39.5 Å². The van der Waals surface area contributed by atoms with Crippen molar-refractivity contribution in [2.24, 2.45) is 11.3 Å². The van der Waals surface area contributed by atoms with Crippen LogP contribution in [-0.2, 0) is 9.59 Å². The highest BCUT2D eigenvalue weighted by atomic mass is 16.4. The van der Waals surface area contributed by atoms with Crippen molar-refractivity contribution in [3.63, 3.8) is 0 Å². The third-order valence-corrected chi connectivity index (χ3v) is 5.02. The van der Waals surface area contributed by atoms with Crippen molar-refractivity contribution < 1.29 is 14.7 Å². The van der Waals surface area contributed by atoms with Gasteiger partial charge in [0.15, 0.2) is 0 Å². The fraction of sp³-hybridized carbons (Fsp3) is 0.857. The minimum absolute atomic E-state index is 0.174. The van der Waals surface area contributed by atoms with Crippen LogP contribution in [0.15, 0.2) is 0 Å². The number of amides is 1. The van der Waals surface area contributed by atoms with Gasteiger partial charge in [-0.05, 0) is 45.7 Å². The fourth-order valence-electron chi connectivity index (χ4n) is 3.49. The molecule has 0 aromatic heterocycles. The zero-order valence-electron chi connectivity index (χ0n) is 11.8. The molecule has 1 amide bonds. The average molecular weight is 268 g/mol. The van der Waals surface area contributed by atoms with Crippen molar-refractivity contribution in [1.29, 1.82) is 0 Å². The van der Waals surface area contributed by atoms with Gasteiger partial charge in [0, 0.05) is 12.6 Å². The Balaban J connectivity index is 2.13. The molecule has 0 bridgehead atoms. The van der Waals surface area contributed by atoms with Crippen molar-refractivity contribution >= 4 is 11.9 Å². The molecule has 2 aliphatic heterocycles. The first kappa shape index (κ1) is 14.3. The number of hydrogen-bond donors (Lipinski definition) is 2. The van der Waals surface area contributed by atoms with E-state index in [0.717, 1.165) is 32.4 Å². The van der Waals surface area contributed by atoms with Crippen LogP contribution in [0.4, 0.5) is 0 Å². The van der Waals surface area contributed by atoms with Crippen LogP contribution < -0.4 is 5.32 Å². The van der Waals surface area contributed by atoms with Gasteiger partial charge in [0.1, 0.15) is 0 Å². The largest absolute Gasteiger partial charge is 0.481 e. The summed E-state index contributed by atoms with van der Waals surface area (Å²) in [7, 11) is 0. The lowest BCUT2D eigenvalue weighted by molar-refractivity contribution is -0.147. The van der Waals surface area contributed by atoms with Crippen molar-refractivity contribution in [1.82, 2.24) is 10.2 Å². The number of nitrogens with zero attached hydrogens (tertiary/aromatic N) is 1. The Labute approximate surface area is 114 Å². The lowest BCUT2D eigenvalue weighted by Gasteiger charge is -2.40. The van der Waals surface area contributed by atoms with E-state index in [4.69, 9.17) is 5.11 Å². The van der Waals surface area contributed by atoms with Crippen LogP contribution in [0, 0.1) is 11.3 Å². The predicted octanol–water partition coefficient (Wildman–Crippen LogP) is 1.09. The Kier molecular flexibility index (Phi) is 4.13. The van der Waals surface area contributed by atoms with Crippen LogP contribution in [-0.4, -0.2) is 47.6 Å². The summed E-state index contributed by atoms with van der Waals surface area (Å²) in [6.07, 6.45) is 3.15. The van der Waals surface area contributed by atoms with E-state index in [9.17, 15) is 9.59 Å². The maximum absolute atomic E-state index is 12.8. The zero-order chi connectivity index (χ0) is 14.0. The van der Waals surface area contributed by atoms with Crippen LogP contribution >= 0.6 is 0 Å². The van der Waals surface area contributed by atoms with Crippen molar-refractivity contribution in [2.45, 2.75) is 45.6 Å². The van der Waals surface area contributed by atoms with Crippen molar-refractivity contribution in [2.75, 3.05) is 19.6 Å². The van der Waals surface area contributed by atoms with Gasteiger partial charge >= 0.3 is 5.97 Å². The number of hydrogen-bond acceptors (Lipinski definition) is 3. The van der Waals surface area contributed by atoms with Gasteiger partial charge in [-0.25, -0.2) is 0 Å². The molecule has 0 spiro atoms. The average Bonchev–Trinajstić information content (AvgIpc) is 2.80.